The van der Waals surface area contributed by atoms with E-state index in [0.717, 1.165) is 10.6 Å². The minimum atomic E-state index is -0.597. The molecule has 1 amide bonds. The first kappa shape index (κ1) is 15.1. The molecule has 5 heteroatoms. The Morgan fingerprint density at radius 3 is 2.39 bits per heavy atom. The normalized spacial score (nSPS) is 12.6. The third kappa shape index (κ3) is 2.90. The number of nitrogens with zero attached hydrogens (tertiary/aromatic N) is 2. The molecule has 1 rings (SSSR count). The highest BCUT2D eigenvalue weighted by Gasteiger charge is 2.42. The number of amides is 1. The van der Waals surface area contributed by atoms with Crippen molar-refractivity contribution in [3.8, 4) is 0 Å². The van der Waals surface area contributed by atoms with Crippen LogP contribution in [0.2, 0.25) is 0 Å². The molecule has 0 aliphatic heterocycles. The van der Waals surface area contributed by atoms with Gasteiger partial charge in [0.05, 0.1) is 23.2 Å². The summed E-state index contributed by atoms with van der Waals surface area (Å²) in [4.78, 5) is 19.5. The number of hydrogen-bond acceptors (Lipinski definition) is 4. The van der Waals surface area contributed by atoms with Gasteiger partial charge in [-0.2, -0.15) is 0 Å². The van der Waals surface area contributed by atoms with Gasteiger partial charge >= 0.3 is 0 Å². The zero-order valence-corrected chi connectivity index (χ0v) is 12.9. The second kappa shape index (κ2) is 4.97. The fourth-order valence-electron chi connectivity index (χ4n) is 1.52. The van der Waals surface area contributed by atoms with Crippen molar-refractivity contribution in [3.05, 3.63) is 16.1 Å². The van der Waals surface area contributed by atoms with Gasteiger partial charge in [-0.25, -0.2) is 4.98 Å². The molecular formula is C13H23N3OS. The van der Waals surface area contributed by atoms with Crippen LogP contribution in [0, 0.1) is 12.3 Å². The number of thiazole rings is 1. The quantitative estimate of drug-likeness (QED) is 0.911. The summed E-state index contributed by atoms with van der Waals surface area (Å²) in [6.07, 6.45) is 0. The summed E-state index contributed by atoms with van der Waals surface area (Å²) in [5.41, 5.74) is 7.74. The maximum Gasteiger partial charge on any atom is 0.230 e. The second-order valence-corrected chi connectivity index (χ2v) is 6.81. The van der Waals surface area contributed by atoms with E-state index in [9.17, 15) is 4.79 Å². The van der Waals surface area contributed by atoms with Gasteiger partial charge in [0.15, 0.2) is 0 Å². The number of aryl methyl sites for hydroxylation is 1. The first-order valence-electron chi connectivity index (χ1n) is 6.01. The van der Waals surface area contributed by atoms with E-state index in [0.29, 0.717) is 6.54 Å². The van der Waals surface area contributed by atoms with E-state index in [-0.39, 0.29) is 5.91 Å². The first-order valence-corrected chi connectivity index (χ1v) is 6.88. The maximum atomic E-state index is 12.5. The standard InChI is InChI=1S/C13H23N3OS/c1-9-10(18-8-15-9)7-16(6)11(17)12(2,3)13(4,5)14/h8H,7,14H2,1-6H3. The molecule has 2 N–H and O–H groups in total. The Labute approximate surface area is 113 Å². The Morgan fingerprint density at radius 1 is 1.44 bits per heavy atom. The van der Waals surface area contributed by atoms with Crippen LogP contribution in [0.1, 0.15) is 38.3 Å². The lowest BCUT2D eigenvalue weighted by atomic mass is 9.74. The SMILES string of the molecule is Cc1ncsc1CN(C)C(=O)C(C)(C)C(C)(C)N. The third-order valence-electron chi connectivity index (χ3n) is 3.72. The van der Waals surface area contributed by atoms with Crippen LogP contribution in [0.15, 0.2) is 5.51 Å². The van der Waals surface area contributed by atoms with Crippen LogP contribution in [-0.4, -0.2) is 28.4 Å². The molecule has 0 saturated carbocycles. The summed E-state index contributed by atoms with van der Waals surface area (Å²) in [5.74, 6) is 0.0581. The van der Waals surface area contributed by atoms with Crippen LogP contribution < -0.4 is 5.73 Å². The Kier molecular flexibility index (Phi) is 4.18. The van der Waals surface area contributed by atoms with Gasteiger partial charge in [0.25, 0.3) is 0 Å². The second-order valence-electron chi connectivity index (χ2n) is 5.87. The highest BCUT2D eigenvalue weighted by molar-refractivity contribution is 7.09. The van der Waals surface area contributed by atoms with E-state index in [4.69, 9.17) is 5.73 Å². The molecule has 18 heavy (non-hydrogen) atoms. The molecule has 0 unspecified atom stereocenters. The van der Waals surface area contributed by atoms with Gasteiger partial charge in [-0.3, -0.25) is 4.79 Å². The van der Waals surface area contributed by atoms with Crippen LogP contribution >= 0.6 is 11.3 Å². The van der Waals surface area contributed by atoms with Crippen LogP contribution in [0.4, 0.5) is 0 Å². The summed E-state index contributed by atoms with van der Waals surface area (Å²) in [6.45, 7) is 10.1. The molecule has 0 radical (unpaired) electrons. The van der Waals surface area contributed by atoms with Gasteiger partial charge in [-0.05, 0) is 34.6 Å². The molecule has 102 valence electrons. The van der Waals surface area contributed by atoms with Gasteiger partial charge < -0.3 is 10.6 Å². The number of rotatable bonds is 4. The topological polar surface area (TPSA) is 59.2 Å². The first-order chi connectivity index (χ1) is 8.07. The predicted octanol–water partition coefficient (Wildman–Crippen LogP) is 2.17. The number of carbonyl (C=O) groups excluding carboxylic acids is 1. The summed E-state index contributed by atoms with van der Waals surface area (Å²) in [5, 5.41) is 0. The Hall–Kier alpha value is -0.940. The van der Waals surface area contributed by atoms with Crippen molar-refractivity contribution in [2.24, 2.45) is 11.1 Å². The lowest BCUT2D eigenvalue weighted by Crippen LogP contribution is -2.55. The maximum absolute atomic E-state index is 12.5. The van der Waals surface area contributed by atoms with Crippen LogP contribution in [0.5, 0.6) is 0 Å². The van der Waals surface area contributed by atoms with Crippen molar-refractivity contribution < 1.29 is 4.79 Å². The minimum Gasteiger partial charge on any atom is -0.340 e. The molecule has 0 fully saturated rings. The van der Waals surface area contributed by atoms with E-state index in [1.54, 1.807) is 21.7 Å². The van der Waals surface area contributed by atoms with E-state index < -0.39 is 11.0 Å². The molecular weight excluding hydrogens is 246 g/mol. The molecule has 1 aromatic rings. The fourth-order valence-corrected chi connectivity index (χ4v) is 2.35. The average Bonchev–Trinajstić information content (AvgIpc) is 2.61. The average molecular weight is 269 g/mol. The summed E-state index contributed by atoms with van der Waals surface area (Å²) < 4.78 is 0. The fraction of sp³-hybridized carbons (Fsp3) is 0.692. The van der Waals surface area contributed by atoms with Crippen molar-refractivity contribution in [2.45, 2.75) is 46.7 Å². The molecule has 0 aliphatic carbocycles. The molecule has 0 aromatic carbocycles. The number of hydrogen-bond donors (Lipinski definition) is 1. The summed E-state index contributed by atoms with van der Waals surface area (Å²) >= 11 is 1.58. The molecule has 0 bridgehead atoms. The Bertz CT molecular complexity index is 432. The van der Waals surface area contributed by atoms with Crippen LogP contribution in [0.3, 0.4) is 0 Å². The molecule has 4 nitrogen and oxygen atoms in total. The smallest absolute Gasteiger partial charge is 0.230 e. The van der Waals surface area contributed by atoms with Crippen molar-refractivity contribution in [1.82, 2.24) is 9.88 Å². The van der Waals surface area contributed by atoms with E-state index in [2.05, 4.69) is 4.98 Å². The highest BCUT2D eigenvalue weighted by Crippen LogP contribution is 2.31. The monoisotopic (exact) mass is 269 g/mol. The zero-order chi connectivity index (χ0) is 14.1. The molecule has 0 atom stereocenters. The van der Waals surface area contributed by atoms with E-state index in [1.807, 2.05) is 41.7 Å². The number of nitrogens with two attached hydrogens (primary N) is 1. The molecule has 0 spiro atoms. The molecule has 0 saturated heterocycles. The molecule has 1 aromatic heterocycles. The number of aromatic nitrogens is 1. The van der Waals surface area contributed by atoms with Crippen molar-refractivity contribution >= 4 is 17.2 Å². The van der Waals surface area contributed by atoms with Gasteiger partial charge in [-0.1, -0.05) is 0 Å². The van der Waals surface area contributed by atoms with E-state index in [1.165, 1.54) is 0 Å². The van der Waals surface area contributed by atoms with Crippen molar-refractivity contribution in [2.75, 3.05) is 7.05 Å². The predicted molar refractivity (Wildman–Crippen MR) is 75.4 cm³/mol. The molecule has 1 heterocycles. The Morgan fingerprint density at radius 2 is 2.00 bits per heavy atom. The van der Waals surface area contributed by atoms with Gasteiger partial charge in [0.1, 0.15) is 0 Å². The largest absolute Gasteiger partial charge is 0.340 e. The van der Waals surface area contributed by atoms with Gasteiger partial charge in [0, 0.05) is 17.5 Å². The highest BCUT2D eigenvalue weighted by atomic mass is 32.1. The van der Waals surface area contributed by atoms with Crippen molar-refractivity contribution in [3.63, 3.8) is 0 Å². The zero-order valence-electron chi connectivity index (χ0n) is 12.1. The third-order valence-corrected chi connectivity index (χ3v) is 4.64. The van der Waals surface area contributed by atoms with Crippen LogP contribution in [-0.2, 0) is 11.3 Å². The number of carbonyl (C=O) groups is 1. The summed E-state index contributed by atoms with van der Waals surface area (Å²) in [6, 6.07) is 0. The lowest BCUT2D eigenvalue weighted by Gasteiger charge is -2.39. The van der Waals surface area contributed by atoms with Gasteiger partial charge in [-0.15, -0.1) is 11.3 Å². The van der Waals surface area contributed by atoms with Crippen molar-refractivity contribution in [1.29, 1.82) is 0 Å². The van der Waals surface area contributed by atoms with Crippen LogP contribution in [0.25, 0.3) is 0 Å². The molecule has 0 aliphatic rings. The lowest BCUT2D eigenvalue weighted by molar-refractivity contribution is -0.142. The Balaban J connectivity index is 2.83. The minimum absolute atomic E-state index is 0.0581. The van der Waals surface area contributed by atoms with E-state index >= 15 is 0 Å². The van der Waals surface area contributed by atoms with Gasteiger partial charge in [0.2, 0.25) is 5.91 Å². The summed E-state index contributed by atoms with van der Waals surface area (Å²) in [7, 11) is 1.81.